The molecule has 1 aliphatic rings. The van der Waals surface area contributed by atoms with E-state index in [2.05, 4.69) is 0 Å². The lowest BCUT2D eigenvalue weighted by Crippen LogP contribution is -2.51. The number of hydrogen-bond donors (Lipinski definition) is 0. The van der Waals surface area contributed by atoms with E-state index in [1.807, 2.05) is 0 Å². The van der Waals surface area contributed by atoms with Crippen molar-refractivity contribution in [3.63, 3.8) is 0 Å². The quantitative estimate of drug-likeness (QED) is 0.632. The lowest BCUT2D eigenvalue weighted by Gasteiger charge is -2.34. The second-order valence-electron chi connectivity index (χ2n) is 7.05. The average Bonchev–Trinajstić information content (AvgIpc) is 3.05. The van der Waals surface area contributed by atoms with Crippen molar-refractivity contribution >= 4 is 55.2 Å². The first kappa shape index (κ1) is 19.7. The van der Waals surface area contributed by atoms with E-state index in [0.717, 1.165) is 5.39 Å². The zero-order valence-electron chi connectivity index (χ0n) is 15.7. The molecule has 0 radical (unpaired) electrons. The molecule has 2 aromatic carbocycles. The van der Waals surface area contributed by atoms with Crippen LogP contribution in [0.4, 0.5) is 0 Å². The van der Waals surface area contributed by atoms with Crippen LogP contribution in [0.1, 0.15) is 6.92 Å². The number of halogens is 1. The Morgan fingerprint density at radius 1 is 0.966 bits per heavy atom. The molecule has 152 valence electrons. The van der Waals surface area contributed by atoms with Gasteiger partial charge in [0.25, 0.3) is 0 Å². The van der Waals surface area contributed by atoms with Crippen molar-refractivity contribution in [1.29, 1.82) is 0 Å². The second kappa shape index (κ2) is 7.35. The molecule has 2 heterocycles. The zero-order chi connectivity index (χ0) is 20.8. The van der Waals surface area contributed by atoms with Crippen LogP contribution in [0, 0.1) is 0 Å². The summed E-state index contributed by atoms with van der Waals surface area (Å²) in [6.07, 6.45) is 0. The van der Waals surface area contributed by atoms with Crippen LogP contribution in [-0.4, -0.2) is 62.0 Å². The molecule has 0 saturated carbocycles. The molecule has 0 aliphatic carbocycles. The Balaban J connectivity index is 1.57. The van der Waals surface area contributed by atoms with Crippen LogP contribution in [-0.2, 0) is 19.4 Å². The van der Waals surface area contributed by atoms with Gasteiger partial charge >= 0.3 is 0 Å². The Bertz CT molecular complexity index is 1230. The standard InChI is InChI=1S/C20H19ClN2O5S/c1-13(24)22-6-8-23(9-7-22)20(25)12-29(26,27)15-3-5-19-17(11-15)16-10-14(21)2-4-18(16)28-19/h2-5,10-11H,6-9,12H2,1H3. The highest BCUT2D eigenvalue weighted by Crippen LogP contribution is 2.32. The Morgan fingerprint density at radius 3 is 2.21 bits per heavy atom. The van der Waals surface area contributed by atoms with Crippen LogP contribution in [0.2, 0.25) is 5.02 Å². The monoisotopic (exact) mass is 434 g/mol. The first-order valence-corrected chi connectivity index (χ1v) is 11.2. The van der Waals surface area contributed by atoms with Crippen molar-refractivity contribution in [2.45, 2.75) is 11.8 Å². The highest BCUT2D eigenvalue weighted by atomic mass is 35.5. The molecule has 1 fully saturated rings. The van der Waals surface area contributed by atoms with E-state index in [-0.39, 0.29) is 10.8 Å². The van der Waals surface area contributed by atoms with Crippen molar-refractivity contribution in [1.82, 2.24) is 9.80 Å². The summed E-state index contributed by atoms with van der Waals surface area (Å²) in [5, 5.41) is 1.87. The number of amides is 2. The largest absolute Gasteiger partial charge is 0.456 e. The summed E-state index contributed by atoms with van der Waals surface area (Å²) >= 11 is 6.06. The molecule has 4 rings (SSSR count). The number of carbonyl (C=O) groups is 2. The third-order valence-electron chi connectivity index (χ3n) is 5.15. The van der Waals surface area contributed by atoms with Gasteiger partial charge in [0.15, 0.2) is 9.84 Å². The number of hydrogen-bond acceptors (Lipinski definition) is 5. The van der Waals surface area contributed by atoms with Gasteiger partial charge in [-0.1, -0.05) is 11.6 Å². The lowest BCUT2D eigenvalue weighted by molar-refractivity contribution is -0.136. The molecular weight excluding hydrogens is 416 g/mol. The summed E-state index contributed by atoms with van der Waals surface area (Å²) in [5.74, 6) is -1.13. The molecule has 1 aliphatic heterocycles. The van der Waals surface area contributed by atoms with Gasteiger partial charge in [0, 0.05) is 48.9 Å². The minimum Gasteiger partial charge on any atom is -0.456 e. The summed E-state index contributed by atoms with van der Waals surface area (Å²) in [5.41, 5.74) is 1.16. The lowest BCUT2D eigenvalue weighted by atomic mass is 10.1. The predicted molar refractivity (Wildman–Crippen MR) is 110 cm³/mol. The highest BCUT2D eigenvalue weighted by Gasteiger charge is 2.27. The molecule has 0 unspecified atom stereocenters. The molecule has 2 amide bonds. The topological polar surface area (TPSA) is 87.9 Å². The van der Waals surface area contributed by atoms with E-state index < -0.39 is 21.5 Å². The molecule has 0 atom stereocenters. The van der Waals surface area contributed by atoms with Crippen LogP contribution in [0.15, 0.2) is 45.7 Å². The van der Waals surface area contributed by atoms with E-state index in [9.17, 15) is 18.0 Å². The fourth-order valence-corrected chi connectivity index (χ4v) is 4.95. The Kier molecular flexibility index (Phi) is 5.00. The molecule has 1 saturated heterocycles. The number of furan rings is 1. The smallest absolute Gasteiger partial charge is 0.238 e. The molecule has 3 aromatic rings. The Morgan fingerprint density at radius 2 is 1.55 bits per heavy atom. The number of sulfone groups is 1. The van der Waals surface area contributed by atoms with E-state index in [1.165, 1.54) is 24.0 Å². The Labute approximate surface area is 172 Å². The van der Waals surface area contributed by atoms with E-state index in [1.54, 1.807) is 29.2 Å². The molecule has 0 N–H and O–H groups in total. The summed E-state index contributed by atoms with van der Waals surface area (Å²) in [6.45, 7) is 2.96. The number of piperazine rings is 1. The number of carbonyl (C=O) groups excluding carboxylic acids is 2. The molecule has 7 nitrogen and oxygen atoms in total. The third kappa shape index (κ3) is 3.82. The van der Waals surface area contributed by atoms with Gasteiger partial charge in [-0.15, -0.1) is 0 Å². The number of rotatable bonds is 3. The van der Waals surface area contributed by atoms with Crippen molar-refractivity contribution in [2.24, 2.45) is 0 Å². The summed E-state index contributed by atoms with van der Waals surface area (Å²) in [6, 6.07) is 9.71. The maximum Gasteiger partial charge on any atom is 0.238 e. The highest BCUT2D eigenvalue weighted by molar-refractivity contribution is 7.92. The molecule has 0 bridgehead atoms. The summed E-state index contributed by atoms with van der Waals surface area (Å²) in [4.78, 5) is 27.1. The van der Waals surface area contributed by atoms with Crippen LogP contribution < -0.4 is 0 Å². The van der Waals surface area contributed by atoms with E-state index >= 15 is 0 Å². The van der Waals surface area contributed by atoms with Gasteiger partial charge in [-0.2, -0.15) is 0 Å². The molecule has 29 heavy (non-hydrogen) atoms. The summed E-state index contributed by atoms with van der Waals surface area (Å²) in [7, 11) is -3.83. The fraction of sp³-hybridized carbons (Fsp3) is 0.300. The van der Waals surface area contributed by atoms with Gasteiger partial charge < -0.3 is 14.2 Å². The van der Waals surface area contributed by atoms with Gasteiger partial charge in [0.1, 0.15) is 16.9 Å². The van der Waals surface area contributed by atoms with Crippen LogP contribution in [0.5, 0.6) is 0 Å². The van der Waals surface area contributed by atoms with Crippen LogP contribution in [0.3, 0.4) is 0 Å². The van der Waals surface area contributed by atoms with Crippen molar-refractivity contribution < 1.29 is 22.4 Å². The third-order valence-corrected chi connectivity index (χ3v) is 6.99. The number of fused-ring (bicyclic) bond motifs is 3. The summed E-state index contributed by atoms with van der Waals surface area (Å²) < 4.78 is 31.4. The average molecular weight is 435 g/mol. The minimum absolute atomic E-state index is 0.0505. The number of benzene rings is 2. The number of nitrogens with zero attached hydrogens (tertiary/aromatic N) is 2. The molecule has 0 spiro atoms. The SMILES string of the molecule is CC(=O)N1CCN(C(=O)CS(=O)(=O)c2ccc3oc4ccc(Cl)cc4c3c2)CC1. The first-order chi connectivity index (χ1) is 13.7. The first-order valence-electron chi connectivity index (χ1n) is 9.12. The van der Waals surface area contributed by atoms with Gasteiger partial charge in [0.2, 0.25) is 11.8 Å². The molecule has 9 heteroatoms. The van der Waals surface area contributed by atoms with E-state index in [4.69, 9.17) is 16.0 Å². The fourth-order valence-electron chi connectivity index (χ4n) is 3.53. The Hall–Kier alpha value is -2.58. The van der Waals surface area contributed by atoms with E-state index in [0.29, 0.717) is 47.8 Å². The maximum absolute atomic E-state index is 12.9. The normalized spacial score (nSPS) is 15.2. The maximum atomic E-state index is 12.9. The van der Waals surface area contributed by atoms with Crippen molar-refractivity contribution in [3.8, 4) is 0 Å². The predicted octanol–water partition coefficient (Wildman–Crippen LogP) is 2.70. The second-order valence-corrected chi connectivity index (χ2v) is 9.47. The van der Waals surface area contributed by atoms with Crippen molar-refractivity contribution in [2.75, 3.05) is 31.9 Å². The molecule has 1 aromatic heterocycles. The van der Waals surface area contributed by atoms with Gasteiger partial charge in [-0.05, 0) is 36.4 Å². The van der Waals surface area contributed by atoms with Gasteiger partial charge in [0.05, 0.1) is 4.90 Å². The minimum atomic E-state index is -3.83. The zero-order valence-corrected chi connectivity index (χ0v) is 17.3. The van der Waals surface area contributed by atoms with Gasteiger partial charge in [-0.25, -0.2) is 8.42 Å². The van der Waals surface area contributed by atoms with Crippen LogP contribution >= 0.6 is 11.6 Å². The van der Waals surface area contributed by atoms with Crippen LogP contribution in [0.25, 0.3) is 21.9 Å². The van der Waals surface area contributed by atoms with Crippen molar-refractivity contribution in [3.05, 3.63) is 41.4 Å². The van der Waals surface area contributed by atoms with Gasteiger partial charge in [-0.3, -0.25) is 9.59 Å². The molecular formula is C20H19ClN2O5S.